The fraction of sp³-hybridized carbons (Fsp3) is 0.922. The van der Waals surface area contributed by atoms with Gasteiger partial charge in [-0.25, -0.2) is 0 Å². The number of allylic oxidation sites excluding steroid dienone is 4. The maximum Gasteiger partial charge on any atom is 0.00188 e. The highest BCUT2D eigenvalue weighted by Crippen LogP contribution is 2.48. The van der Waals surface area contributed by atoms with Gasteiger partial charge in [0.1, 0.15) is 0 Å². The molecule has 0 amide bonds. The molecule has 302 valence electrons. The van der Waals surface area contributed by atoms with Gasteiger partial charge in [0.25, 0.3) is 0 Å². The van der Waals surface area contributed by atoms with Crippen LogP contribution in [0.5, 0.6) is 0 Å². The molecule has 0 fully saturated rings. The van der Waals surface area contributed by atoms with E-state index in [2.05, 4.69) is 34.6 Å². The molecule has 0 aromatic heterocycles. The second kappa shape index (κ2) is 37.8. The molecule has 0 radical (unpaired) electrons. The van der Waals surface area contributed by atoms with Crippen molar-refractivity contribution < 1.29 is 0 Å². The van der Waals surface area contributed by atoms with Gasteiger partial charge in [-0.2, -0.15) is 0 Å². The molecule has 0 aromatic carbocycles. The fourth-order valence-corrected chi connectivity index (χ4v) is 9.19. The van der Waals surface area contributed by atoms with Crippen molar-refractivity contribution in [3.63, 3.8) is 0 Å². The van der Waals surface area contributed by atoms with Crippen molar-refractivity contribution in [1.82, 2.24) is 0 Å². The standard InChI is InChI=1S/C51H98/c1-6-11-16-21-26-29-34-39-44-49-47(42-37-32-24-19-14-9-4)48(43-38-33-25-20-15-10-5)50(45-40-35-30-27-22-17-12-7-2)51(49)46-41-36-31-28-23-18-13-8-3/h47H,6-46H2,1-5H3. The first-order valence-electron chi connectivity index (χ1n) is 24.7. The summed E-state index contributed by atoms with van der Waals surface area (Å²) < 4.78 is 0. The number of hydrogen-bond acceptors (Lipinski definition) is 0. The Morgan fingerprint density at radius 2 is 0.451 bits per heavy atom. The number of unbranched alkanes of at least 4 members (excludes halogenated alkanes) is 31. The Labute approximate surface area is 325 Å². The number of hydrogen-bond donors (Lipinski definition) is 0. The summed E-state index contributed by atoms with van der Waals surface area (Å²) in [6, 6.07) is 0. The van der Waals surface area contributed by atoms with Gasteiger partial charge in [-0.15, -0.1) is 0 Å². The summed E-state index contributed by atoms with van der Waals surface area (Å²) in [6.07, 6.45) is 59.0. The van der Waals surface area contributed by atoms with Gasteiger partial charge in [0.2, 0.25) is 0 Å². The molecule has 1 aliphatic rings. The Kier molecular flexibility index (Phi) is 35.9. The lowest BCUT2D eigenvalue weighted by Crippen LogP contribution is -2.07. The lowest BCUT2D eigenvalue weighted by atomic mass is 9.84. The zero-order valence-electron chi connectivity index (χ0n) is 36.6. The average Bonchev–Trinajstić information content (AvgIpc) is 3.41. The molecule has 0 N–H and O–H groups in total. The van der Waals surface area contributed by atoms with E-state index in [4.69, 9.17) is 0 Å². The van der Waals surface area contributed by atoms with Crippen LogP contribution in [0.25, 0.3) is 0 Å². The third kappa shape index (κ3) is 26.0. The van der Waals surface area contributed by atoms with E-state index in [-0.39, 0.29) is 0 Å². The van der Waals surface area contributed by atoms with Crippen LogP contribution in [0.4, 0.5) is 0 Å². The molecule has 1 rings (SSSR count). The molecule has 51 heavy (non-hydrogen) atoms. The molecule has 0 heteroatoms. The van der Waals surface area contributed by atoms with E-state index in [0.29, 0.717) is 0 Å². The van der Waals surface area contributed by atoms with E-state index >= 15 is 0 Å². The minimum atomic E-state index is 0.810. The first kappa shape index (κ1) is 48.5. The molecule has 1 aliphatic carbocycles. The predicted molar refractivity (Wildman–Crippen MR) is 235 cm³/mol. The van der Waals surface area contributed by atoms with Crippen molar-refractivity contribution in [3.05, 3.63) is 22.3 Å². The highest BCUT2D eigenvalue weighted by molar-refractivity contribution is 5.50. The third-order valence-corrected chi connectivity index (χ3v) is 12.5. The van der Waals surface area contributed by atoms with Crippen LogP contribution in [0.2, 0.25) is 0 Å². The van der Waals surface area contributed by atoms with Crippen molar-refractivity contribution in [2.45, 2.75) is 298 Å². The first-order valence-corrected chi connectivity index (χ1v) is 24.7. The molecule has 1 unspecified atom stereocenters. The van der Waals surface area contributed by atoms with Gasteiger partial charge >= 0.3 is 0 Å². The fourth-order valence-electron chi connectivity index (χ4n) is 9.19. The lowest BCUT2D eigenvalue weighted by Gasteiger charge is -2.21. The highest BCUT2D eigenvalue weighted by atomic mass is 14.4. The van der Waals surface area contributed by atoms with E-state index in [9.17, 15) is 0 Å². The normalized spacial score (nSPS) is 14.9. The average molecular weight is 711 g/mol. The second-order valence-corrected chi connectivity index (χ2v) is 17.3. The van der Waals surface area contributed by atoms with E-state index in [1.165, 1.54) is 263 Å². The summed E-state index contributed by atoms with van der Waals surface area (Å²) >= 11 is 0. The van der Waals surface area contributed by atoms with Crippen LogP contribution in [0.3, 0.4) is 0 Å². The predicted octanol–water partition coefficient (Wildman–Crippen LogP) is 19.3. The molecule has 0 saturated heterocycles. The Hall–Kier alpha value is -0.520. The quantitative estimate of drug-likeness (QED) is 0.0554. The topological polar surface area (TPSA) is 0 Å². The van der Waals surface area contributed by atoms with Crippen molar-refractivity contribution in [3.8, 4) is 0 Å². The van der Waals surface area contributed by atoms with Gasteiger partial charge in [-0.1, -0.05) is 251 Å². The first-order chi connectivity index (χ1) is 25.2. The molecule has 0 saturated carbocycles. The third-order valence-electron chi connectivity index (χ3n) is 12.5. The van der Waals surface area contributed by atoms with Crippen molar-refractivity contribution in [2.75, 3.05) is 0 Å². The highest BCUT2D eigenvalue weighted by Gasteiger charge is 2.31. The molecular formula is C51H98. The van der Waals surface area contributed by atoms with Crippen LogP contribution >= 0.6 is 0 Å². The zero-order chi connectivity index (χ0) is 36.9. The largest absolute Gasteiger partial charge is 0.0654 e. The van der Waals surface area contributed by atoms with Crippen LogP contribution in [0, 0.1) is 5.92 Å². The molecule has 0 aliphatic heterocycles. The van der Waals surface area contributed by atoms with Gasteiger partial charge in [-0.3, -0.25) is 0 Å². The van der Waals surface area contributed by atoms with Gasteiger partial charge in [0, 0.05) is 5.92 Å². The SMILES string of the molecule is CCCCCCCCCCC1=C(CCCCCCCC)C(CCCCCCCC)C(CCCCCCCCCC)=C1CCCCCCCCCC. The van der Waals surface area contributed by atoms with Gasteiger partial charge in [0.05, 0.1) is 0 Å². The molecule has 0 nitrogen and oxygen atoms in total. The molecule has 0 spiro atoms. The summed E-state index contributed by atoms with van der Waals surface area (Å²) in [6.45, 7) is 11.8. The van der Waals surface area contributed by atoms with Gasteiger partial charge < -0.3 is 0 Å². The van der Waals surface area contributed by atoms with Crippen LogP contribution in [-0.4, -0.2) is 0 Å². The second-order valence-electron chi connectivity index (χ2n) is 17.3. The maximum atomic E-state index is 2.36. The van der Waals surface area contributed by atoms with Crippen LogP contribution in [0.1, 0.15) is 298 Å². The van der Waals surface area contributed by atoms with Crippen LogP contribution in [-0.2, 0) is 0 Å². The van der Waals surface area contributed by atoms with Crippen molar-refractivity contribution in [1.29, 1.82) is 0 Å². The van der Waals surface area contributed by atoms with Crippen LogP contribution in [0.15, 0.2) is 22.3 Å². The van der Waals surface area contributed by atoms with Gasteiger partial charge in [0.15, 0.2) is 0 Å². The lowest BCUT2D eigenvalue weighted by molar-refractivity contribution is 0.507. The van der Waals surface area contributed by atoms with E-state index in [1.807, 2.05) is 22.3 Å². The van der Waals surface area contributed by atoms with E-state index < -0.39 is 0 Å². The van der Waals surface area contributed by atoms with E-state index in [0.717, 1.165) is 5.92 Å². The summed E-state index contributed by atoms with van der Waals surface area (Å²) in [4.78, 5) is 0. The Balaban J connectivity index is 3.15. The molecule has 0 bridgehead atoms. The summed E-state index contributed by atoms with van der Waals surface area (Å²) in [5.74, 6) is 0.810. The minimum absolute atomic E-state index is 0.810. The van der Waals surface area contributed by atoms with E-state index in [1.54, 1.807) is 0 Å². The summed E-state index contributed by atoms with van der Waals surface area (Å²) in [5.41, 5.74) is 7.88. The molecule has 0 heterocycles. The monoisotopic (exact) mass is 711 g/mol. The van der Waals surface area contributed by atoms with Crippen molar-refractivity contribution >= 4 is 0 Å². The number of rotatable bonds is 41. The van der Waals surface area contributed by atoms with Crippen LogP contribution < -0.4 is 0 Å². The Morgan fingerprint density at radius 3 is 0.725 bits per heavy atom. The zero-order valence-corrected chi connectivity index (χ0v) is 36.6. The molecular weight excluding hydrogens is 613 g/mol. The summed E-state index contributed by atoms with van der Waals surface area (Å²) in [5, 5.41) is 0. The van der Waals surface area contributed by atoms with Crippen molar-refractivity contribution in [2.24, 2.45) is 5.92 Å². The smallest absolute Gasteiger partial charge is 0.00188 e. The minimum Gasteiger partial charge on any atom is -0.0654 e. The van der Waals surface area contributed by atoms with Gasteiger partial charge in [-0.05, 0) is 68.9 Å². The Bertz CT molecular complexity index is 782. The Morgan fingerprint density at radius 1 is 0.235 bits per heavy atom. The summed E-state index contributed by atoms with van der Waals surface area (Å²) in [7, 11) is 0. The molecule has 0 aromatic rings. The maximum absolute atomic E-state index is 2.36. The molecule has 1 atom stereocenters.